The lowest BCUT2D eigenvalue weighted by Gasteiger charge is -2.16. The molecule has 0 aromatic heterocycles. The number of carboxylic acid groups (broad SMARTS) is 1. The maximum absolute atomic E-state index is 10.9. The summed E-state index contributed by atoms with van der Waals surface area (Å²) in [5.41, 5.74) is 6.43. The van der Waals surface area contributed by atoms with Crippen LogP contribution >= 0.6 is 0 Å². The van der Waals surface area contributed by atoms with Crippen LogP contribution in [0, 0.1) is 11.8 Å². The van der Waals surface area contributed by atoms with E-state index in [-0.39, 0.29) is 18.2 Å². The number of nitrogens with two attached hydrogens (primary N) is 1. The van der Waals surface area contributed by atoms with E-state index in [1.165, 1.54) is 0 Å². The largest absolute Gasteiger partial charge is 0.508 e. The van der Waals surface area contributed by atoms with Crippen molar-refractivity contribution < 1.29 is 15.0 Å². The number of benzene rings is 1. The van der Waals surface area contributed by atoms with E-state index in [1.807, 2.05) is 13.0 Å². The van der Waals surface area contributed by atoms with Gasteiger partial charge in [-0.1, -0.05) is 19.1 Å². The molecule has 0 aliphatic rings. The van der Waals surface area contributed by atoms with Gasteiger partial charge < -0.3 is 15.9 Å². The van der Waals surface area contributed by atoms with Crippen molar-refractivity contribution in [1.29, 1.82) is 0 Å². The van der Waals surface area contributed by atoms with Crippen LogP contribution in [-0.2, 0) is 11.2 Å². The van der Waals surface area contributed by atoms with Crippen molar-refractivity contribution in [1.82, 2.24) is 0 Å². The van der Waals surface area contributed by atoms with Crippen LogP contribution in [0.3, 0.4) is 0 Å². The highest BCUT2D eigenvalue weighted by atomic mass is 16.4. The fraction of sp³-hybridized carbons (Fsp3) is 0.462. The zero-order chi connectivity index (χ0) is 12.8. The Bertz CT molecular complexity index is 379. The monoisotopic (exact) mass is 237 g/mol. The first-order valence-electron chi connectivity index (χ1n) is 5.73. The molecule has 0 amide bonds. The third kappa shape index (κ3) is 4.44. The van der Waals surface area contributed by atoms with Crippen LogP contribution in [-0.4, -0.2) is 22.7 Å². The first-order chi connectivity index (χ1) is 8.02. The highest BCUT2D eigenvalue weighted by molar-refractivity contribution is 5.70. The molecule has 1 aromatic carbocycles. The quantitative estimate of drug-likeness (QED) is 0.702. The van der Waals surface area contributed by atoms with Gasteiger partial charge in [0.2, 0.25) is 0 Å². The molecule has 2 atom stereocenters. The van der Waals surface area contributed by atoms with Gasteiger partial charge in [-0.05, 0) is 36.5 Å². The fourth-order valence-corrected chi connectivity index (χ4v) is 1.95. The molecule has 1 rings (SSSR count). The SMILES string of the molecule is CC(Cc1cccc(O)c1)CC(CN)C(=O)O. The molecule has 0 aliphatic carbocycles. The highest BCUT2D eigenvalue weighted by Gasteiger charge is 2.18. The van der Waals surface area contributed by atoms with Gasteiger partial charge in [0.25, 0.3) is 0 Å². The van der Waals surface area contributed by atoms with E-state index < -0.39 is 11.9 Å². The third-order valence-electron chi connectivity index (χ3n) is 2.82. The minimum atomic E-state index is -0.838. The first-order valence-corrected chi connectivity index (χ1v) is 5.73. The Balaban J connectivity index is 2.54. The van der Waals surface area contributed by atoms with Crippen molar-refractivity contribution >= 4 is 5.97 Å². The lowest BCUT2D eigenvalue weighted by molar-refractivity contribution is -0.141. The third-order valence-corrected chi connectivity index (χ3v) is 2.82. The number of hydrogen-bond donors (Lipinski definition) is 3. The molecule has 0 fully saturated rings. The fourth-order valence-electron chi connectivity index (χ4n) is 1.95. The number of phenolic OH excluding ortho intramolecular Hbond substituents is 1. The average molecular weight is 237 g/mol. The van der Waals surface area contributed by atoms with E-state index in [0.29, 0.717) is 6.42 Å². The van der Waals surface area contributed by atoms with Gasteiger partial charge in [-0.15, -0.1) is 0 Å². The molecule has 4 nitrogen and oxygen atoms in total. The minimum Gasteiger partial charge on any atom is -0.508 e. The maximum atomic E-state index is 10.9. The van der Waals surface area contributed by atoms with E-state index >= 15 is 0 Å². The first kappa shape index (κ1) is 13.5. The summed E-state index contributed by atoms with van der Waals surface area (Å²) in [7, 11) is 0. The second kappa shape index (κ2) is 6.25. The molecule has 0 aliphatic heterocycles. The molecule has 0 saturated carbocycles. The van der Waals surface area contributed by atoms with Crippen LogP contribution in [0.2, 0.25) is 0 Å². The number of aliphatic carboxylic acids is 1. The topological polar surface area (TPSA) is 83.5 Å². The smallest absolute Gasteiger partial charge is 0.307 e. The van der Waals surface area contributed by atoms with Gasteiger partial charge in [0.1, 0.15) is 5.75 Å². The molecule has 2 unspecified atom stereocenters. The second-order valence-electron chi connectivity index (χ2n) is 4.49. The van der Waals surface area contributed by atoms with Crippen LogP contribution in [0.25, 0.3) is 0 Å². The number of aromatic hydroxyl groups is 1. The van der Waals surface area contributed by atoms with Crippen LogP contribution < -0.4 is 5.73 Å². The van der Waals surface area contributed by atoms with E-state index in [0.717, 1.165) is 12.0 Å². The molecule has 0 bridgehead atoms. The Labute approximate surface area is 101 Å². The molecule has 1 aromatic rings. The minimum absolute atomic E-state index is 0.166. The van der Waals surface area contributed by atoms with E-state index in [1.54, 1.807) is 18.2 Å². The molecule has 0 saturated heterocycles. The molecule has 0 radical (unpaired) electrons. The summed E-state index contributed by atoms with van der Waals surface area (Å²) in [5.74, 6) is -0.859. The van der Waals surface area contributed by atoms with Gasteiger partial charge in [0.05, 0.1) is 5.92 Å². The number of phenols is 1. The van der Waals surface area contributed by atoms with E-state index in [2.05, 4.69) is 0 Å². The lowest BCUT2D eigenvalue weighted by atomic mass is 9.91. The molecule has 4 N–H and O–H groups in total. The van der Waals surface area contributed by atoms with Crippen molar-refractivity contribution in [2.24, 2.45) is 17.6 Å². The van der Waals surface area contributed by atoms with Crippen molar-refractivity contribution in [3.8, 4) is 5.75 Å². The standard InChI is InChI=1S/C13H19NO3/c1-9(6-11(8-14)13(16)17)5-10-3-2-4-12(15)7-10/h2-4,7,9,11,15H,5-6,8,14H2,1H3,(H,16,17). The van der Waals surface area contributed by atoms with Crippen LogP contribution in [0.1, 0.15) is 18.9 Å². The summed E-state index contributed by atoms with van der Waals surface area (Å²) in [6, 6.07) is 7.03. The number of carbonyl (C=O) groups is 1. The van der Waals surface area contributed by atoms with Crippen LogP contribution in [0.4, 0.5) is 0 Å². The van der Waals surface area contributed by atoms with E-state index in [4.69, 9.17) is 10.8 Å². The number of rotatable bonds is 6. The zero-order valence-electron chi connectivity index (χ0n) is 9.97. The summed E-state index contributed by atoms with van der Waals surface area (Å²) in [6.45, 7) is 2.16. The lowest BCUT2D eigenvalue weighted by Crippen LogP contribution is -2.25. The predicted octanol–water partition coefficient (Wildman–Crippen LogP) is 1.62. The van der Waals surface area contributed by atoms with Crippen molar-refractivity contribution in [2.75, 3.05) is 6.54 Å². The maximum Gasteiger partial charge on any atom is 0.307 e. The van der Waals surface area contributed by atoms with Gasteiger partial charge in [-0.3, -0.25) is 4.79 Å². The second-order valence-corrected chi connectivity index (χ2v) is 4.49. The zero-order valence-corrected chi connectivity index (χ0v) is 9.97. The normalized spacial score (nSPS) is 14.2. The molecule has 17 heavy (non-hydrogen) atoms. The summed E-state index contributed by atoms with van der Waals surface area (Å²) < 4.78 is 0. The summed E-state index contributed by atoms with van der Waals surface area (Å²) in [5, 5.41) is 18.2. The van der Waals surface area contributed by atoms with Gasteiger partial charge in [-0.25, -0.2) is 0 Å². The Morgan fingerprint density at radius 1 is 1.47 bits per heavy atom. The van der Waals surface area contributed by atoms with Gasteiger partial charge in [0.15, 0.2) is 0 Å². The Morgan fingerprint density at radius 3 is 2.71 bits per heavy atom. The number of carboxylic acids is 1. The van der Waals surface area contributed by atoms with Crippen molar-refractivity contribution in [3.05, 3.63) is 29.8 Å². The van der Waals surface area contributed by atoms with E-state index in [9.17, 15) is 9.90 Å². The molecule has 0 heterocycles. The van der Waals surface area contributed by atoms with Crippen LogP contribution in [0.15, 0.2) is 24.3 Å². The number of hydrogen-bond acceptors (Lipinski definition) is 3. The van der Waals surface area contributed by atoms with Gasteiger partial charge in [0, 0.05) is 6.54 Å². The Hall–Kier alpha value is -1.55. The Morgan fingerprint density at radius 2 is 2.18 bits per heavy atom. The van der Waals surface area contributed by atoms with Gasteiger partial charge in [-0.2, -0.15) is 0 Å². The summed E-state index contributed by atoms with van der Waals surface area (Å²) in [6.07, 6.45) is 1.31. The molecule has 0 spiro atoms. The van der Waals surface area contributed by atoms with Gasteiger partial charge >= 0.3 is 5.97 Å². The summed E-state index contributed by atoms with van der Waals surface area (Å²) in [4.78, 5) is 10.9. The predicted molar refractivity (Wildman–Crippen MR) is 65.8 cm³/mol. The Kier molecular flexibility index (Phi) is 4.97. The molecular weight excluding hydrogens is 218 g/mol. The molecular formula is C13H19NO3. The molecule has 94 valence electrons. The van der Waals surface area contributed by atoms with Crippen molar-refractivity contribution in [3.63, 3.8) is 0 Å². The average Bonchev–Trinajstić information content (AvgIpc) is 2.25. The highest BCUT2D eigenvalue weighted by Crippen LogP contribution is 2.19. The van der Waals surface area contributed by atoms with Crippen LogP contribution in [0.5, 0.6) is 5.75 Å². The summed E-state index contributed by atoms with van der Waals surface area (Å²) >= 11 is 0. The van der Waals surface area contributed by atoms with Crippen molar-refractivity contribution in [2.45, 2.75) is 19.8 Å². The molecule has 4 heteroatoms.